The van der Waals surface area contributed by atoms with Gasteiger partial charge in [0.25, 0.3) is 0 Å². The third-order valence-corrected chi connectivity index (χ3v) is 2.94. The van der Waals surface area contributed by atoms with E-state index in [1.165, 1.54) is 0 Å². The minimum atomic E-state index is 0.161. The maximum Gasteiger partial charge on any atom is 0.0587 e. The van der Waals surface area contributed by atoms with Crippen LogP contribution in [0.25, 0.3) is 0 Å². The lowest BCUT2D eigenvalue weighted by molar-refractivity contribution is 0.200. The van der Waals surface area contributed by atoms with Gasteiger partial charge in [-0.1, -0.05) is 27.7 Å². The summed E-state index contributed by atoms with van der Waals surface area (Å²) in [6, 6.07) is 0.321. The predicted molar refractivity (Wildman–Crippen MR) is 67.4 cm³/mol. The van der Waals surface area contributed by atoms with Crippen LogP contribution in [-0.2, 0) is 0 Å². The van der Waals surface area contributed by atoms with Gasteiger partial charge in [-0.3, -0.25) is 0 Å². The van der Waals surface area contributed by atoms with Gasteiger partial charge in [0.1, 0.15) is 0 Å². The molecule has 0 aliphatic heterocycles. The molecule has 98 valence electrons. The van der Waals surface area contributed by atoms with E-state index in [2.05, 4.69) is 38.3 Å². The van der Waals surface area contributed by atoms with Gasteiger partial charge in [-0.15, -0.1) is 0 Å². The molecule has 0 heterocycles. The second-order valence-corrected chi connectivity index (χ2v) is 4.97. The predicted octanol–water partition coefficient (Wildman–Crippen LogP) is 0.199. The lowest BCUT2D eigenvalue weighted by Crippen LogP contribution is -2.44. The normalized spacial score (nSPS) is 15.8. The molecule has 0 aromatic carbocycles. The number of hydrogen-bond donors (Lipinski definition) is 4. The average Bonchev–Trinajstić information content (AvgIpc) is 2.22. The Balaban J connectivity index is 3.65. The van der Waals surface area contributed by atoms with Crippen LogP contribution in [0.1, 0.15) is 27.7 Å². The van der Waals surface area contributed by atoms with E-state index < -0.39 is 0 Å². The van der Waals surface area contributed by atoms with Crippen molar-refractivity contribution in [3.63, 3.8) is 0 Å². The van der Waals surface area contributed by atoms with Gasteiger partial charge in [0.15, 0.2) is 0 Å². The van der Waals surface area contributed by atoms with E-state index in [0.717, 1.165) is 13.1 Å². The quantitative estimate of drug-likeness (QED) is 0.429. The molecule has 0 amide bonds. The van der Waals surface area contributed by atoms with E-state index in [-0.39, 0.29) is 25.3 Å². The summed E-state index contributed by atoms with van der Waals surface area (Å²) >= 11 is 0. The molecule has 4 N–H and O–H groups in total. The fourth-order valence-electron chi connectivity index (χ4n) is 1.54. The van der Waals surface area contributed by atoms with Gasteiger partial charge in [-0.05, 0) is 11.8 Å². The smallest absolute Gasteiger partial charge is 0.0587 e. The second-order valence-electron chi connectivity index (χ2n) is 4.97. The lowest BCUT2D eigenvalue weighted by Gasteiger charge is -2.23. The van der Waals surface area contributed by atoms with Crippen molar-refractivity contribution in [3.05, 3.63) is 0 Å². The van der Waals surface area contributed by atoms with Crippen molar-refractivity contribution >= 4 is 0 Å². The van der Waals surface area contributed by atoms with Crippen molar-refractivity contribution < 1.29 is 10.2 Å². The highest BCUT2D eigenvalue weighted by molar-refractivity contribution is 4.72. The minimum Gasteiger partial charge on any atom is -0.395 e. The van der Waals surface area contributed by atoms with E-state index in [1.54, 1.807) is 0 Å². The van der Waals surface area contributed by atoms with Gasteiger partial charge in [0, 0.05) is 25.2 Å². The minimum absolute atomic E-state index is 0.161. The fourth-order valence-corrected chi connectivity index (χ4v) is 1.54. The first-order valence-corrected chi connectivity index (χ1v) is 6.21. The molecule has 0 aromatic rings. The Bertz CT molecular complexity index is 145. The molecular weight excluding hydrogens is 204 g/mol. The van der Waals surface area contributed by atoms with Crippen molar-refractivity contribution in [3.8, 4) is 0 Å². The summed E-state index contributed by atoms with van der Waals surface area (Å²) < 4.78 is 0. The van der Waals surface area contributed by atoms with Crippen LogP contribution >= 0.6 is 0 Å². The third-order valence-electron chi connectivity index (χ3n) is 2.94. The first-order chi connectivity index (χ1) is 7.52. The Hall–Kier alpha value is -0.160. The molecule has 16 heavy (non-hydrogen) atoms. The summed E-state index contributed by atoms with van der Waals surface area (Å²) in [5.41, 5.74) is 0. The standard InChI is InChI=1S/C12H28N2O2/c1-9(2)11(7-15)13-5-6-14-12(8-16)10(3)4/h9-16H,5-8H2,1-4H3/t11-,12-/m1/s1. The van der Waals surface area contributed by atoms with Crippen LogP contribution in [0, 0.1) is 11.8 Å². The van der Waals surface area contributed by atoms with Gasteiger partial charge in [-0.2, -0.15) is 0 Å². The van der Waals surface area contributed by atoms with Gasteiger partial charge < -0.3 is 20.8 Å². The molecule has 0 spiro atoms. The molecule has 4 heteroatoms. The van der Waals surface area contributed by atoms with Crippen molar-refractivity contribution in [1.29, 1.82) is 0 Å². The number of aliphatic hydroxyl groups is 2. The largest absolute Gasteiger partial charge is 0.395 e. The highest BCUT2D eigenvalue weighted by atomic mass is 16.3. The molecule has 0 radical (unpaired) electrons. The fraction of sp³-hybridized carbons (Fsp3) is 1.00. The van der Waals surface area contributed by atoms with E-state index in [0.29, 0.717) is 11.8 Å². The molecule has 0 aromatic heterocycles. The zero-order chi connectivity index (χ0) is 12.6. The maximum atomic E-state index is 9.12. The zero-order valence-corrected chi connectivity index (χ0v) is 11.0. The van der Waals surface area contributed by atoms with Crippen LogP contribution in [-0.4, -0.2) is 48.6 Å². The number of hydrogen-bond acceptors (Lipinski definition) is 4. The highest BCUT2D eigenvalue weighted by Gasteiger charge is 2.12. The molecule has 0 bridgehead atoms. The Kier molecular flexibility index (Phi) is 8.84. The van der Waals surface area contributed by atoms with Crippen LogP contribution in [0.5, 0.6) is 0 Å². The molecule has 0 fully saturated rings. The molecule has 0 rings (SSSR count). The summed E-state index contributed by atoms with van der Waals surface area (Å²) in [6.07, 6.45) is 0. The Morgan fingerprint density at radius 1 is 0.750 bits per heavy atom. The molecule has 4 nitrogen and oxygen atoms in total. The Labute approximate surface area is 99.4 Å². The van der Waals surface area contributed by atoms with Gasteiger partial charge >= 0.3 is 0 Å². The molecule has 2 atom stereocenters. The number of rotatable bonds is 9. The Morgan fingerprint density at radius 2 is 1.06 bits per heavy atom. The van der Waals surface area contributed by atoms with Gasteiger partial charge in [0.05, 0.1) is 13.2 Å². The zero-order valence-electron chi connectivity index (χ0n) is 11.0. The maximum absolute atomic E-state index is 9.12. The van der Waals surface area contributed by atoms with E-state index in [4.69, 9.17) is 10.2 Å². The Morgan fingerprint density at radius 3 is 1.25 bits per heavy atom. The average molecular weight is 232 g/mol. The molecule has 0 saturated heterocycles. The summed E-state index contributed by atoms with van der Waals surface area (Å²) in [5.74, 6) is 0.868. The molecule has 0 unspecified atom stereocenters. The summed E-state index contributed by atoms with van der Waals surface area (Å²) in [4.78, 5) is 0. The third kappa shape index (κ3) is 6.43. The molecule has 0 aliphatic carbocycles. The van der Waals surface area contributed by atoms with E-state index in [1.807, 2.05) is 0 Å². The second kappa shape index (κ2) is 8.93. The number of nitrogens with one attached hydrogen (secondary N) is 2. The number of aliphatic hydroxyl groups excluding tert-OH is 2. The highest BCUT2D eigenvalue weighted by Crippen LogP contribution is 2.00. The SMILES string of the molecule is CC(C)[C@@H](CO)NCCN[C@H](CO)C(C)C. The van der Waals surface area contributed by atoms with Gasteiger partial charge in [-0.25, -0.2) is 0 Å². The summed E-state index contributed by atoms with van der Waals surface area (Å²) in [7, 11) is 0. The lowest BCUT2D eigenvalue weighted by atomic mass is 10.1. The molecular formula is C12H28N2O2. The van der Waals surface area contributed by atoms with Crippen LogP contribution < -0.4 is 10.6 Å². The molecule has 0 aliphatic rings. The van der Waals surface area contributed by atoms with Crippen molar-refractivity contribution in [2.24, 2.45) is 11.8 Å². The first-order valence-electron chi connectivity index (χ1n) is 6.21. The van der Waals surface area contributed by atoms with E-state index in [9.17, 15) is 0 Å². The molecule has 0 saturated carbocycles. The first kappa shape index (κ1) is 15.8. The van der Waals surface area contributed by atoms with Crippen LogP contribution in [0.2, 0.25) is 0 Å². The van der Waals surface area contributed by atoms with E-state index >= 15 is 0 Å². The van der Waals surface area contributed by atoms with Crippen molar-refractivity contribution in [2.75, 3.05) is 26.3 Å². The van der Waals surface area contributed by atoms with Crippen molar-refractivity contribution in [1.82, 2.24) is 10.6 Å². The topological polar surface area (TPSA) is 64.5 Å². The summed E-state index contributed by atoms with van der Waals surface area (Å²) in [6.45, 7) is 10.3. The summed E-state index contributed by atoms with van der Waals surface area (Å²) in [5, 5.41) is 24.8. The van der Waals surface area contributed by atoms with Gasteiger partial charge in [0.2, 0.25) is 0 Å². The van der Waals surface area contributed by atoms with Crippen LogP contribution in [0.4, 0.5) is 0 Å². The van der Waals surface area contributed by atoms with Crippen molar-refractivity contribution in [2.45, 2.75) is 39.8 Å². The van der Waals surface area contributed by atoms with Crippen LogP contribution in [0.15, 0.2) is 0 Å². The van der Waals surface area contributed by atoms with Crippen LogP contribution in [0.3, 0.4) is 0 Å². The monoisotopic (exact) mass is 232 g/mol.